The Bertz CT molecular complexity index is 1330. The van der Waals surface area contributed by atoms with Gasteiger partial charge in [-0.15, -0.1) is 0 Å². The van der Waals surface area contributed by atoms with E-state index >= 15 is 0 Å². The fourth-order valence-electron chi connectivity index (χ4n) is 4.00. The van der Waals surface area contributed by atoms with E-state index in [9.17, 15) is 29.5 Å². The molecular weight excluding hydrogens is 537 g/mol. The molecule has 0 radical (unpaired) electrons. The number of nitrogens with one attached hydrogen (secondary N) is 1. The largest absolute Gasteiger partial charge is 0.394 e. The van der Waals surface area contributed by atoms with Gasteiger partial charge >= 0.3 is 11.4 Å². The summed E-state index contributed by atoms with van der Waals surface area (Å²) in [6.07, 6.45) is -1.98. The number of aliphatic hydroxyl groups excluding tert-OH is 2. The number of hydrogen-bond donors (Lipinski definition) is 5. The zero-order valence-electron chi connectivity index (χ0n) is 19.0. The van der Waals surface area contributed by atoms with Crippen molar-refractivity contribution in [2.75, 3.05) is 18.1 Å². The van der Waals surface area contributed by atoms with Crippen molar-refractivity contribution in [2.45, 2.75) is 56.6 Å². The first-order chi connectivity index (χ1) is 17.0. The number of aryl methyl sites for hydroxylation is 1. The maximum Gasteiger partial charge on any atom is 0.351 e. The van der Waals surface area contributed by atoms with Crippen LogP contribution in [0, 0.1) is 6.92 Å². The first-order valence-corrected chi connectivity index (χ1v) is 15.2. The molecule has 0 saturated carbocycles. The molecule has 4 heterocycles. The van der Waals surface area contributed by atoms with Gasteiger partial charge in [0, 0.05) is 36.6 Å². The predicted molar refractivity (Wildman–Crippen MR) is 133 cm³/mol. The third-order valence-corrected chi connectivity index (χ3v) is 10.1. The zero-order valence-corrected chi connectivity index (χ0v) is 21.5. The summed E-state index contributed by atoms with van der Waals surface area (Å²) >= 11 is 6.15. The molecule has 2 fully saturated rings. The van der Waals surface area contributed by atoms with Crippen LogP contribution in [0.5, 0.6) is 0 Å². The molecule has 2 aromatic rings. The minimum absolute atomic E-state index is 0.0575. The zero-order chi connectivity index (χ0) is 26.2. The fraction of sp³-hybridized carbons (Fsp3) is 0.579. The molecule has 198 valence electrons. The molecule has 7 unspecified atom stereocenters. The summed E-state index contributed by atoms with van der Waals surface area (Å²) < 4.78 is 19.6. The van der Waals surface area contributed by atoms with Crippen molar-refractivity contribution < 1.29 is 29.1 Å². The van der Waals surface area contributed by atoms with Crippen LogP contribution in [0.3, 0.4) is 0 Å². The van der Waals surface area contributed by atoms with Crippen molar-refractivity contribution in [1.82, 2.24) is 19.1 Å². The Morgan fingerprint density at radius 2 is 1.97 bits per heavy atom. The van der Waals surface area contributed by atoms with E-state index in [1.165, 1.54) is 27.6 Å². The SMILES string of the molecule is Cc1cn(C2CC(O)C(CSP(O)(=S)OC3CC(n4ccc(N)nc4=O)OC3CO)O2)c(=O)[nH]c1=O. The molecule has 2 aromatic heterocycles. The predicted octanol–water partition coefficient (Wildman–Crippen LogP) is -1.05. The van der Waals surface area contributed by atoms with E-state index in [4.69, 9.17) is 31.5 Å². The molecule has 2 saturated heterocycles. The number of hydrogen-bond acceptors (Lipinski definition) is 12. The molecule has 7 atom stereocenters. The fourth-order valence-corrected chi connectivity index (χ4v) is 7.66. The number of aromatic nitrogens is 4. The molecule has 2 aliphatic heterocycles. The standard InChI is InChI=1S/C19H26N5O9PS2/c1-9-6-24(19(29)22-17(9)27)15-4-10(26)13(32-15)8-36-34(30,35)33-11-5-16(31-12(11)7-25)23-3-2-14(20)21-18(23)28/h2-3,6,10-13,15-16,25-26H,4-5,7-8H2,1H3,(H,30,35)(H2,20,21,28)(H,22,27,29). The van der Waals surface area contributed by atoms with Gasteiger partial charge in [-0.2, -0.15) is 4.98 Å². The van der Waals surface area contributed by atoms with Crippen LogP contribution < -0.4 is 22.7 Å². The molecule has 17 heteroatoms. The first kappa shape index (κ1) is 27.2. The van der Waals surface area contributed by atoms with Crippen LogP contribution in [-0.4, -0.2) is 71.0 Å². The molecule has 0 aromatic carbocycles. The Balaban J connectivity index is 1.37. The molecule has 6 N–H and O–H groups in total. The van der Waals surface area contributed by atoms with E-state index in [-0.39, 0.29) is 24.4 Å². The highest BCUT2D eigenvalue weighted by Gasteiger charge is 2.41. The highest BCUT2D eigenvalue weighted by atomic mass is 32.9. The molecule has 2 aliphatic rings. The van der Waals surface area contributed by atoms with E-state index in [0.717, 1.165) is 11.4 Å². The van der Waals surface area contributed by atoms with Crippen LogP contribution in [0.1, 0.15) is 30.9 Å². The van der Waals surface area contributed by atoms with Crippen molar-refractivity contribution >= 4 is 34.7 Å². The number of aliphatic hydroxyl groups is 2. The lowest BCUT2D eigenvalue weighted by atomic mass is 10.2. The average Bonchev–Trinajstić information content (AvgIpc) is 3.37. The molecule has 0 spiro atoms. The van der Waals surface area contributed by atoms with Gasteiger partial charge in [0.2, 0.25) is 5.69 Å². The maximum absolute atomic E-state index is 12.1. The molecule has 0 amide bonds. The number of ether oxygens (including phenoxy) is 2. The second-order valence-electron chi connectivity index (χ2n) is 8.41. The summed E-state index contributed by atoms with van der Waals surface area (Å²) in [5, 5.41) is 20.1. The lowest BCUT2D eigenvalue weighted by molar-refractivity contribution is -0.0415. The van der Waals surface area contributed by atoms with Gasteiger partial charge in [0.15, 0.2) is 0 Å². The molecule has 0 bridgehead atoms. The topological polar surface area (TPSA) is 204 Å². The number of nitrogen functional groups attached to an aromatic ring is 1. The number of anilines is 1. The van der Waals surface area contributed by atoms with Gasteiger partial charge in [-0.1, -0.05) is 11.4 Å². The molecule has 14 nitrogen and oxygen atoms in total. The summed E-state index contributed by atoms with van der Waals surface area (Å²) in [4.78, 5) is 52.5. The van der Waals surface area contributed by atoms with Crippen molar-refractivity contribution in [3.8, 4) is 0 Å². The van der Waals surface area contributed by atoms with Crippen LogP contribution in [0.25, 0.3) is 0 Å². The van der Waals surface area contributed by atoms with Crippen LogP contribution in [0.15, 0.2) is 32.8 Å². The lowest BCUT2D eigenvalue weighted by Crippen LogP contribution is -2.33. The van der Waals surface area contributed by atoms with E-state index in [1.54, 1.807) is 6.92 Å². The van der Waals surface area contributed by atoms with Gasteiger partial charge in [0.1, 0.15) is 24.4 Å². The molecular formula is C19H26N5O9PS2. The van der Waals surface area contributed by atoms with Crippen molar-refractivity contribution in [2.24, 2.45) is 0 Å². The van der Waals surface area contributed by atoms with Crippen LogP contribution in [0.2, 0.25) is 0 Å². The van der Waals surface area contributed by atoms with Gasteiger partial charge < -0.3 is 34.8 Å². The van der Waals surface area contributed by atoms with Crippen LogP contribution >= 0.6 is 17.1 Å². The van der Waals surface area contributed by atoms with E-state index in [0.29, 0.717) is 5.56 Å². The summed E-state index contributed by atoms with van der Waals surface area (Å²) in [7, 11) is 0. The van der Waals surface area contributed by atoms with E-state index in [2.05, 4.69) is 9.97 Å². The summed E-state index contributed by atoms with van der Waals surface area (Å²) in [5.41, 5.74) is 0.541. The monoisotopic (exact) mass is 563 g/mol. The second kappa shape index (κ2) is 10.8. The second-order valence-corrected chi connectivity index (χ2v) is 14.6. The molecule has 36 heavy (non-hydrogen) atoms. The summed E-state index contributed by atoms with van der Waals surface area (Å²) in [6, 6.07) is 1.43. The third kappa shape index (κ3) is 5.98. The maximum atomic E-state index is 12.1. The van der Waals surface area contributed by atoms with Crippen molar-refractivity contribution in [1.29, 1.82) is 0 Å². The Kier molecular flexibility index (Phi) is 8.19. The lowest BCUT2D eigenvalue weighted by Gasteiger charge is -2.24. The van der Waals surface area contributed by atoms with E-state index in [1.807, 2.05) is 0 Å². The Morgan fingerprint density at radius 3 is 2.67 bits per heavy atom. The highest BCUT2D eigenvalue weighted by Crippen LogP contribution is 2.59. The van der Waals surface area contributed by atoms with Gasteiger partial charge in [-0.3, -0.25) is 18.9 Å². The van der Waals surface area contributed by atoms with Crippen LogP contribution in [0.4, 0.5) is 5.82 Å². The van der Waals surface area contributed by atoms with Gasteiger partial charge in [0.25, 0.3) is 5.56 Å². The molecule has 4 rings (SSSR count). The van der Waals surface area contributed by atoms with Crippen molar-refractivity contribution in [3.63, 3.8) is 0 Å². The number of rotatable bonds is 8. The number of nitrogens with zero attached hydrogens (tertiary/aromatic N) is 3. The smallest absolute Gasteiger partial charge is 0.351 e. The highest BCUT2D eigenvalue weighted by molar-refractivity contribution is 8.67. The molecule has 0 aliphatic carbocycles. The third-order valence-electron chi connectivity index (χ3n) is 5.85. The Morgan fingerprint density at radius 1 is 1.28 bits per heavy atom. The summed E-state index contributed by atoms with van der Waals surface area (Å²) in [5.74, 6) is 0.118. The number of nitrogens with two attached hydrogens (primary N) is 1. The average molecular weight is 564 g/mol. The minimum atomic E-state index is -3.50. The van der Waals surface area contributed by atoms with Gasteiger partial charge in [0.05, 0.1) is 24.9 Å². The number of aromatic amines is 1. The van der Waals surface area contributed by atoms with Crippen molar-refractivity contribution in [3.05, 3.63) is 55.3 Å². The Labute approximate surface area is 213 Å². The quantitative estimate of drug-likeness (QED) is 0.244. The van der Waals surface area contributed by atoms with Gasteiger partial charge in [-0.05, 0) is 24.8 Å². The van der Waals surface area contributed by atoms with Gasteiger partial charge in [-0.25, -0.2) is 9.59 Å². The normalized spacial score (nSPS) is 29.9. The van der Waals surface area contributed by atoms with Crippen LogP contribution in [-0.2, 0) is 25.8 Å². The first-order valence-electron chi connectivity index (χ1n) is 10.9. The minimum Gasteiger partial charge on any atom is -0.394 e. The summed E-state index contributed by atoms with van der Waals surface area (Å²) in [6.45, 7) is 1.11. The van der Waals surface area contributed by atoms with E-state index < -0.39 is 66.1 Å². The Hall–Kier alpha value is -1.88. The number of H-pyrrole nitrogens is 1.